The van der Waals surface area contributed by atoms with Gasteiger partial charge in [0.05, 0.1) is 24.9 Å². The standard InChI is InChI=1S/C33H40O7Si/c1-23(34)38-25-17-18-30(32(35)37-6)24(19-25)20-26-21-27(22-31(36-5)39-26)40-41(33(2,3)4,28-13-9-7-10-14-28)29-15-11-8-12-16-29/h7-19,26-27,31H,20-22H2,1-6H3/t26-,27+,31?/m1/s1. The zero-order valence-corrected chi connectivity index (χ0v) is 25.7. The van der Waals surface area contributed by atoms with Crippen LogP contribution < -0.4 is 15.1 Å². The lowest BCUT2D eigenvalue weighted by atomic mass is 9.95. The van der Waals surface area contributed by atoms with Gasteiger partial charge in [-0.25, -0.2) is 4.79 Å². The van der Waals surface area contributed by atoms with Gasteiger partial charge in [0.15, 0.2) is 6.29 Å². The van der Waals surface area contributed by atoms with Crippen LogP contribution in [0.3, 0.4) is 0 Å². The largest absolute Gasteiger partial charge is 0.465 e. The number of esters is 2. The van der Waals surface area contributed by atoms with E-state index >= 15 is 0 Å². The topological polar surface area (TPSA) is 80.3 Å². The fraction of sp³-hybridized carbons (Fsp3) is 0.394. The highest BCUT2D eigenvalue weighted by Gasteiger charge is 2.52. The molecule has 3 aromatic rings. The molecule has 218 valence electrons. The highest BCUT2D eigenvalue weighted by atomic mass is 28.4. The zero-order chi connectivity index (χ0) is 29.6. The lowest BCUT2D eigenvalue weighted by Gasteiger charge is -2.47. The molecule has 1 unspecified atom stereocenters. The molecule has 1 aliphatic heterocycles. The molecule has 3 aromatic carbocycles. The molecule has 0 spiro atoms. The van der Waals surface area contributed by atoms with Gasteiger partial charge in [0.1, 0.15) is 5.75 Å². The van der Waals surface area contributed by atoms with Crippen molar-refractivity contribution in [3.8, 4) is 5.75 Å². The monoisotopic (exact) mass is 576 g/mol. The van der Waals surface area contributed by atoms with Gasteiger partial charge in [-0.1, -0.05) is 81.4 Å². The number of hydrogen-bond acceptors (Lipinski definition) is 7. The van der Waals surface area contributed by atoms with Gasteiger partial charge in [0.25, 0.3) is 8.32 Å². The Morgan fingerprint density at radius 3 is 2.02 bits per heavy atom. The Morgan fingerprint density at radius 1 is 0.902 bits per heavy atom. The summed E-state index contributed by atoms with van der Waals surface area (Å²) < 4.78 is 29.8. The van der Waals surface area contributed by atoms with Crippen molar-refractivity contribution in [1.82, 2.24) is 0 Å². The zero-order valence-electron chi connectivity index (χ0n) is 24.7. The number of carbonyl (C=O) groups is 2. The first-order valence-corrected chi connectivity index (χ1v) is 15.8. The Kier molecular flexibility index (Phi) is 9.81. The van der Waals surface area contributed by atoms with Crippen LogP contribution in [0.15, 0.2) is 78.9 Å². The first-order valence-electron chi connectivity index (χ1n) is 13.9. The Labute approximate surface area is 243 Å². The first-order chi connectivity index (χ1) is 19.6. The third kappa shape index (κ3) is 6.96. The maximum atomic E-state index is 12.6. The third-order valence-corrected chi connectivity index (χ3v) is 12.6. The van der Waals surface area contributed by atoms with E-state index in [0.29, 0.717) is 36.1 Å². The van der Waals surface area contributed by atoms with E-state index in [9.17, 15) is 9.59 Å². The van der Waals surface area contributed by atoms with Crippen LogP contribution in [-0.2, 0) is 29.9 Å². The van der Waals surface area contributed by atoms with Crippen LogP contribution >= 0.6 is 0 Å². The van der Waals surface area contributed by atoms with Crippen molar-refractivity contribution < 1.29 is 33.0 Å². The Hall–Kier alpha value is -3.30. The molecule has 0 aliphatic carbocycles. The van der Waals surface area contributed by atoms with Crippen molar-refractivity contribution in [3.05, 3.63) is 90.0 Å². The second-order valence-electron chi connectivity index (χ2n) is 11.4. The van der Waals surface area contributed by atoms with Crippen LogP contribution in [0.4, 0.5) is 0 Å². The molecule has 0 amide bonds. The van der Waals surface area contributed by atoms with E-state index in [2.05, 4.69) is 69.3 Å². The molecule has 0 N–H and O–H groups in total. The van der Waals surface area contributed by atoms with E-state index in [1.165, 1.54) is 24.4 Å². The van der Waals surface area contributed by atoms with Crippen LogP contribution in [0.5, 0.6) is 5.75 Å². The Bertz CT molecular complexity index is 1280. The molecule has 1 heterocycles. The SMILES string of the molecule is COC(=O)c1ccc(OC(C)=O)cc1C[C@@H]1C[C@H](O[Si](c2ccccc2)(c2ccccc2)C(C)(C)C)CC(OC)O1. The molecule has 3 atom stereocenters. The van der Waals surface area contributed by atoms with E-state index in [4.69, 9.17) is 23.4 Å². The fourth-order valence-electron chi connectivity index (χ4n) is 5.77. The maximum Gasteiger partial charge on any atom is 0.338 e. The van der Waals surface area contributed by atoms with Crippen LogP contribution in [0.1, 0.15) is 56.5 Å². The smallest absolute Gasteiger partial charge is 0.338 e. The van der Waals surface area contributed by atoms with Crippen LogP contribution in [0.25, 0.3) is 0 Å². The van der Waals surface area contributed by atoms with Gasteiger partial charge in [-0.2, -0.15) is 0 Å². The molecule has 1 aliphatic rings. The molecule has 7 nitrogen and oxygen atoms in total. The average molecular weight is 577 g/mol. The Balaban J connectivity index is 1.71. The maximum absolute atomic E-state index is 12.6. The predicted molar refractivity (Wildman–Crippen MR) is 160 cm³/mol. The van der Waals surface area contributed by atoms with Gasteiger partial charge >= 0.3 is 11.9 Å². The highest BCUT2D eigenvalue weighted by Crippen LogP contribution is 2.40. The molecule has 0 saturated carbocycles. The van der Waals surface area contributed by atoms with Gasteiger partial charge < -0.3 is 23.4 Å². The normalized spacial score (nSPS) is 19.4. The van der Waals surface area contributed by atoms with Crippen molar-refractivity contribution in [3.63, 3.8) is 0 Å². The minimum absolute atomic E-state index is 0.164. The van der Waals surface area contributed by atoms with Crippen LogP contribution in [0.2, 0.25) is 5.04 Å². The predicted octanol–water partition coefficient (Wildman–Crippen LogP) is 5.04. The average Bonchev–Trinajstić information content (AvgIpc) is 2.95. The van der Waals surface area contributed by atoms with E-state index in [1.54, 1.807) is 25.3 Å². The minimum Gasteiger partial charge on any atom is -0.465 e. The number of hydrogen-bond donors (Lipinski definition) is 0. The number of benzene rings is 3. The number of rotatable bonds is 9. The molecule has 1 fully saturated rings. The summed E-state index contributed by atoms with van der Waals surface area (Å²) in [5, 5.41) is 2.23. The van der Waals surface area contributed by atoms with E-state index < -0.39 is 26.5 Å². The van der Waals surface area contributed by atoms with Crippen LogP contribution in [-0.4, -0.2) is 53.0 Å². The molecule has 8 heteroatoms. The van der Waals surface area contributed by atoms with Crippen molar-refractivity contribution in [2.45, 2.75) is 70.5 Å². The van der Waals surface area contributed by atoms with Crippen molar-refractivity contribution >= 4 is 30.6 Å². The lowest BCUT2D eigenvalue weighted by Crippen LogP contribution is -2.68. The molecule has 4 rings (SSSR count). The van der Waals surface area contributed by atoms with Crippen LogP contribution in [0, 0.1) is 0 Å². The van der Waals surface area contributed by atoms with Gasteiger partial charge in [-0.05, 0) is 52.0 Å². The summed E-state index contributed by atoms with van der Waals surface area (Å²) in [7, 11) is 0.173. The third-order valence-electron chi connectivity index (χ3n) is 7.54. The summed E-state index contributed by atoms with van der Waals surface area (Å²) in [5.74, 6) is -0.540. The van der Waals surface area contributed by atoms with E-state index in [0.717, 1.165) is 0 Å². The molecule has 0 aromatic heterocycles. The van der Waals surface area contributed by atoms with Crippen molar-refractivity contribution in [1.29, 1.82) is 0 Å². The highest BCUT2D eigenvalue weighted by molar-refractivity contribution is 6.99. The van der Waals surface area contributed by atoms with Crippen molar-refractivity contribution in [2.75, 3.05) is 14.2 Å². The number of carbonyl (C=O) groups excluding carboxylic acids is 2. The molecular formula is C33H40O7Si. The summed E-state index contributed by atoms with van der Waals surface area (Å²) in [5.41, 5.74) is 1.07. The lowest BCUT2D eigenvalue weighted by molar-refractivity contribution is -0.200. The quantitative estimate of drug-likeness (QED) is 0.201. The number of ether oxygens (including phenoxy) is 4. The van der Waals surface area contributed by atoms with E-state index in [1.807, 2.05) is 12.1 Å². The second kappa shape index (κ2) is 13.1. The molecule has 1 saturated heterocycles. The minimum atomic E-state index is -2.81. The second-order valence-corrected chi connectivity index (χ2v) is 15.7. The summed E-state index contributed by atoms with van der Waals surface area (Å²) >= 11 is 0. The van der Waals surface area contributed by atoms with Gasteiger partial charge in [0.2, 0.25) is 0 Å². The van der Waals surface area contributed by atoms with Gasteiger partial charge in [0, 0.05) is 20.5 Å². The van der Waals surface area contributed by atoms with Gasteiger partial charge in [-0.15, -0.1) is 0 Å². The summed E-state index contributed by atoms with van der Waals surface area (Å²) in [6, 6.07) is 26.0. The summed E-state index contributed by atoms with van der Waals surface area (Å²) in [6.07, 6.45) is 0.615. The first kappa shape index (κ1) is 30.7. The molecule has 0 bridgehead atoms. The molecule has 41 heavy (non-hydrogen) atoms. The van der Waals surface area contributed by atoms with Gasteiger partial charge in [-0.3, -0.25) is 4.79 Å². The summed E-state index contributed by atoms with van der Waals surface area (Å²) in [4.78, 5) is 24.2. The molecule has 0 radical (unpaired) electrons. The molecular weight excluding hydrogens is 536 g/mol. The number of methoxy groups -OCH3 is 2. The summed E-state index contributed by atoms with van der Waals surface area (Å²) in [6.45, 7) is 8.11. The van der Waals surface area contributed by atoms with Crippen molar-refractivity contribution in [2.24, 2.45) is 0 Å². The Morgan fingerprint density at radius 2 is 1.51 bits per heavy atom. The van der Waals surface area contributed by atoms with E-state index in [-0.39, 0.29) is 17.2 Å². The fourth-order valence-corrected chi connectivity index (χ4v) is 10.5.